The Labute approximate surface area is 358 Å². The fraction of sp³-hybridized carbons (Fsp3) is 0.0351. The van der Waals surface area contributed by atoms with Crippen LogP contribution in [0.15, 0.2) is 217 Å². The zero-order valence-corrected chi connectivity index (χ0v) is 33.7. The highest BCUT2D eigenvalue weighted by Crippen LogP contribution is 2.41. The monoisotopic (exact) mass is 794 g/mol. The highest BCUT2D eigenvalue weighted by Gasteiger charge is 2.21. The summed E-state index contributed by atoms with van der Waals surface area (Å²) < 4.78 is 9.19. The molecule has 0 spiro atoms. The van der Waals surface area contributed by atoms with Gasteiger partial charge in [-0.3, -0.25) is 0 Å². The van der Waals surface area contributed by atoms with Crippen LogP contribution in [0.3, 0.4) is 0 Å². The summed E-state index contributed by atoms with van der Waals surface area (Å²) in [4.78, 5) is 15.4. The summed E-state index contributed by atoms with van der Waals surface area (Å²) in [6, 6.07) is 66.1. The summed E-state index contributed by atoms with van der Waals surface area (Å²) in [5.41, 5.74) is 13.6. The highest BCUT2D eigenvalue weighted by atomic mass is 16.3. The fourth-order valence-corrected chi connectivity index (χ4v) is 9.13. The van der Waals surface area contributed by atoms with Crippen LogP contribution in [0.5, 0.6) is 0 Å². The number of hydrogen-bond donors (Lipinski definition) is 0. The molecule has 3 heterocycles. The normalized spacial score (nSPS) is 13.8. The largest absolute Gasteiger partial charge is 0.456 e. The van der Waals surface area contributed by atoms with Gasteiger partial charge in [0.2, 0.25) is 0 Å². The molecular weight excluding hydrogens is 757 g/mol. The van der Waals surface area contributed by atoms with Crippen molar-refractivity contribution in [3.63, 3.8) is 0 Å². The summed E-state index contributed by atoms with van der Waals surface area (Å²) >= 11 is 0. The molecule has 0 radical (unpaired) electrons. The molecule has 0 fully saturated rings. The molecule has 8 aromatic carbocycles. The third-order valence-electron chi connectivity index (χ3n) is 12.2. The van der Waals surface area contributed by atoms with Gasteiger partial charge in [-0.25, -0.2) is 15.0 Å². The molecule has 3 aromatic heterocycles. The molecule has 62 heavy (non-hydrogen) atoms. The first-order chi connectivity index (χ1) is 30.7. The van der Waals surface area contributed by atoms with Gasteiger partial charge in [0.15, 0.2) is 17.5 Å². The number of rotatable bonds is 7. The van der Waals surface area contributed by atoms with Crippen LogP contribution in [-0.4, -0.2) is 19.5 Å². The zero-order valence-electron chi connectivity index (χ0n) is 33.7. The number of hydrogen-bond acceptors (Lipinski definition) is 4. The summed E-state index contributed by atoms with van der Waals surface area (Å²) in [5.74, 6) is 2.15. The van der Waals surface area contributed by atoms with E-state index in [9.17, 15) is 0 Å². The van der Waals surface area contributed by atoms with E-state index in [1.165, 1.54) is 33.0 Å². The number of allylic oxidation sites excluding steroid dienone is 4. The van der Waals surface area contributed by atoms with Gasteiger partial charge in [0.25, 0.3) is 0 Å². The Bertz CT molecular complexity index is 3550. The minimum absolute atomic E-state index is 0.332. The van der Waals surface area contributed by atoms with Crippen LogP contribution in [0.25, 0.3) is 106 Å². The van der Waals surface area contributed by atoms with Gasteiger partial charge in [-0.1, -0.05) is 170 Å². The van der Waals surface area contributed by atoms with Gasteiger partial charge in [-0.2, -0.15) is 0 Å². The summed E-state index contributed by atoms with van der Waals surface area (Å²) in [5, 5.41) is 4.40. The first kappa shape index (κ1) is 35.8. The van der Waals surface area contributed by atoms with Gasteiger partial charge in [0.1, 0.15) is 11.2 Å². The smallest absolute Gasteiger partial charge is 0.164 e. The molecule has 5 nitrogen and oxygen atoms in total. The first-order valence-electron chi connectivity index (χ1n) is 21.1. The Morgan fingerprint density at radius 3 is 1.79 bits per heavy atom. The van der Waals surface area contributed by atoms with E-state index in [0.29, 0.717) is 23.4 Å². The first-order valence-corrected chi connectivity index (χ1v) is 21.1. The third kappa shape index (κ3) is 6.22. The number of aromatic nitrogens is 4. The highest BCUT2D eigenvalue weighted by molar-refractivity contribution is 6.13. The maximum atomic E-state index is 6.78. The average molecular weight is 795 g/mol. The van der Waals surface area contributed by atoms with Crippen molar-refractivity contribution in [2.75, 3.05) is 0 Å². The van der Waals surface area contributed by atoms with E-state index >= 15 is 0 Å². The molecule has 1 atom stereocenters. The maximum Gasteiger partial charge on any atom is 0.164 e. The molecule has 11 aromatic rings. The molecule has 292 valence electrons. The second-order valence-corrected chi connectivity index (χ2v) is 15.9. The van der Waals surface area contributed by atoms with Crippen molar-refractivity contribution in [3.8, 4) is 62.1 Å². The fourth-order valence-electron chi connectivity index (χ4n) is 9.13. The van der Waals surface area contributed by atoms with Crippen molar-refractivity contribution >= 4 is 43.7 Å². The molecule has 0 saturated carbocycles. The Morgan fingerprint density at radius 2 is 1.05 bits per heavy atom. The maximum absolute atomic E-state index is 6.78. The minimum Gasteiger partial charge on any atom is -0.456 e. The van der Waals surface area contributed by atoms with Gasteiger partial charge in [0.05, 0.1) is 11.0 Å². The van der Waals surface area contributed by atoms with E-state index in [1.807, 2.05) is 48.5 Å². The second kappa shape index (κ2) is 14.8. The van der Waals surface area contributed by atoms with Crippen molar-refractivity contribution < 1.29 is 4.42 Å². The van der Waals surface area contributed by atoms with Gasteiger partial charge < -0.3 is 8.98 Å². The summed E-state index contributed by atoms with van der Waals surface area (Å²) in [7, 11) is 0. The number of fused-ring (bicyclic) bond motifs is 6. The number of benzene rings is 8. The van der Waals surface area contributed by atoms with E-state index in [0.717, 1.165) is 67.4 Å². The van der Waals surface area contributed by atoms with Crippen LogP contribution in [0.1, 0.15) is 17.9 Å². The van der Waals surface area contributed by atoms with Crippen LogP contribution in [0.4, 0.5) is 0 Å². The minimum atomic E-state index is 0.332. The van der Waals surface area contributed by atoms with Crippen molar-refractivity contribution in [3.05, 3.63) is 218 Å². The van der Waals surface area contributed by atoms with E-state index < -0.39 is 0 Å². The van der Waals surface area contributed by atoms with Crippen LogP contribution < -0.4 is 0 Å². The van der Waals surface area contributed by atoms with Gasteiger partial charge in [-0.05, 0) is 70.6 Å². The molecule has 5 heteroatoms. The third-order valence-corrected chi connectivity index (χ3v) is 12.2. The zero-order chi connectivity index (χ0) is 41.0. The molecule has 1 unspecified atom stereocenters. The van der Waals surface area contributed by atoms with Crippen LogP contribution >= 0.6 is 0 Å². The lowest BCUT2D eigenvalue weighted by Crippen LogP contribution is -2.00. The standard InChI is InChI=1S/C57H38N4O/c1-5-15-37(16-6-1)41-23-13-24-44(33-41)56-58-55(40-21-11-4-12-22-40)59-57(60-56)49-25-14-26-52-54(49)48-32-29-45(36-53(48)62-52)61-50-34-42(38-17-7-2-8-18-38)27-30-46(50)47-31-28-43(35-51(47)61)39-19-9-3-10-20-39/h1-19,21-36,39H,20H2. The van der Waals surface area contributed by atoms with Crippen LogP contribution in [0.2, 0.25) is 0 Å². The van der Waals surface area contributed by atoms with Crippen LogP contribution in [0, 0.1) is 0 Å². The topological polar surface area (TPSA) is 56.7 Å². The van der Waals surface area contributed by atoms with Crippen molar-refractivity contribution in [2.24, 2.45) is 0 Å². The van der Waals surface area contributed by atoms with Crippen LogP contribution in [-0.2, 0) is 0 Å². The lowest BCUT2D eigenvalue weighted by atomic mass is 9.92. The number of nitrogens with zero attached hydrogens (tertiary/aromatic N) is 4. The average Bonchev–Trinajstić information content (AvgIpc) is 3.89. The molecule has 0 saturated heterocycles. The van der Waals surface area contributed by atoms with Gasteiger partial charge in [-0.15, -0.1) is 0 Å². The Hall–Kier alpha value is -8.15. The Balaban J connectivity index is 1.04. The number of furan rings is 1. The molecule has 12 rings (SSSR count). The van der Waals surface area contributed by atoms with Gasteiger partial charge >= 0.3 is 0 Å². The molecular formula is C57H38N4O. The van der Waals surface area contributed by atoms with Gasteiger partial charge in [0, 0.05) is 55.9 Å². The van der Waals surface area contributed by atoms with E-state index in [1.54, 1.807) is 0 Å². The van der Waals surface area contributed by atoms with Crippen molar-refractivity contribution in [1.82, 2.24) is 19.5 Å². The summed E-state index contributed by atoms with van der Waals surface area (Å²) in [6.45, 7) is 0. The van der Waals surface area contributed by atoms with Crippen molar-refractivity contribution in [2.45, 2.75) is 12.3 Å². The SMILES string of the molecule is C1=CCC(c2ccc3c4ccc(-c5ccccc5)cc4n(-c4ccc5c(c4)oc4cccc(-c6nc(-c7ccccc7)nc(-c7cccc(-c8ccccc8)c7)n6)c45)c3c2)C=C1. The predicted molar refractivity (Wildman–Crippen MR) is 254 cm³/mol. The molecule has 1 aliphatic carbocycles. The summed E-state index contributed by atoms with van der Waals surface area (Å²) in [6.07, 6.45) is 9.85. The Kier molecular flexibility index (Phi) is 8.56. The van der Waals surface area contributed by atoms with E-state index in [4.69, 9.17) is 19.4 Å². The molecule has 0 N–H and O–H groups in total. The molecule has 1 aliphatic rings. The molecule has 0 amide bonds. The van der Waals surface area contributed by atoms with E-state index in [-0.39, 0.29) is 0 Å². The lowest BCUT2D eigenvalue weighted by Gasteiger charge is -2.15. The predicted octanol–water partition coefficient (Wildman–Crippen LogP) is 14.8. The second-order valence-electron chi connectivity index (χ2n) is 15.9. The quantitative estimate of drug-likeness (QED) is 0.161. The molecule has 0 bridgehead atoms. The Morgan fingerprint density at radius 1 is 0.435 bits per heavy atom. The lowest BCUT2D eigenvalue weighted by molar-refractivity contribution is 0.668. The van der Waals surface area contributed by atoms with E-state index in [2.05, 4.69) is 168 Å². The van der Waals surface area contributed by atoms with Crippen molar-refractivity contribution in [1.29, 1.82) is 0 Å². The molecule has 0 aliphatic heterocycles.